The lowest BCUT2D eigenvalue weighted by molar-refractivity contribution is 0.0978. The Morgan fingerprint density at radius 1 is 1.40 bits per heavy atom. The van der Waals surface area contributed by atoms with E-state index in [0.29, 0.717) is 6.04 Å². The summed E-state index contributed by atoms with van der Waals surface area (Å²) in [6, 6.07) is 6.09. The molecule has 0 radical (unpaired) electrons. The van der Waals surface area contributed by atoms with Gasteiger partial charge in [-0.25, -0.2) is 4.98 Å². The van der Waals surface area contributed by atoms with Gasteiger partial charge in [0.15, 0.2) is 10.9 Å². The van der Waals surface area contributed by atoms with Gasteiger partial charge in [0.25, 0.3) is 0 Å². The second-order valence-corrected chi connectivity index (χ2v) is 8.08. The quantitative estimate of drug-likeness (QED) is 0.837. The Balaban J connectivity index is 1.37. The number of carbonyl (C=O) groups excluding carboxylic acids is 1. The first-order chi connectivity index (χ1) is 12.1. The highest BCUT2D eigenvalue weighted by Crippen LogP contribution is 2.33. The van der Waals surface area contributed by atoms with Crippen LogP contribution in [0.3, 0.4) is 0 Å². The number of thiazole rings is 1. The number of carbonyl (C=O) groups is 1. The highest BCUT2D eigenvalue weighted by atomic mass is 32.1. The lowest BCUT2D eigenvalue weighted by atomic mass is 10.1. The van der Waals surface area contributed by atoms with E-state index in [1.165, 1.54) is 4.88 Å². The number of nitrogens with one attached hydrogen (secondary N) is 2. The van der Waals surface area contributed by atoms with Gasteiger partial charge in [0.05, 0.1) is 6.04 Å². The largest absolute Gasteiger partial charge is 0.490 e. The molecule has 0 bridgehead atoms. The highest BCUT2D eigenvalue weighted by Gasteiger charge is 2.30. The zero-order chi connectivity index (χ0) is 17.4. The van der Waals surface area contributed by atoms with E-state index in [1.54, 1.807) is 11.3 Å². The topological polar surface area (TPSA) is 63.2 Å². The van der Waals surface area contributed by atoms with Gasteiger partial charge in [0.2, 0.25) is 0 Å². The molecule has 1 aromatic carbocycles. The molecule has 2 heterocycles. The molecule has 132 valence electrons. The molecule has 4 rings (SSSR count). The molecule has 25 heavy (non-hydrogen) atoms. The highest BCUT2D eigenvalue weighted by molar-refractivity contribution is 7.15. The van der Waals surface area contributed by atoms with Gasteiger partial charge < -0.3 is 15.4 Å². The van der Waals surface area contributed by atoms with Crippen LogP contribution in [0, 0.1) is 6.92 Å². The second kappa shape index (κ2) is 6.67. The number of hydrogen-bond acceptors (Lipinski definition) is 6. The van der Waals surface area contributed by atoms with Gasteiger partial charge in [-0.2, -0.15) is 0 Å². The van der Waals surface area contributed by atoms with Crippen LogP contribution in [0.2, 0.25) is 0 Å². The SMILES string of the molecule is CCC1Nc2cc(OC3CCC(Nc4ncc(C)s4)C3)ccc2C1=O. The van der Waals surface area contributed by atoms with Crippen LogP contribution in [-0.2, 0) is 0 Å². The van der Waals surface area contributed by atoms with E-state index >= 15 is 0 Å². The molecule has 2 aliphatic rings. The van der Waals surface area contributed by atoms with Crippen molar-refractivity contribution in [1.82, 2.24) is 4.98 Å². The number of aromatic nitrogens is 1. The van der Waals surface area contributed by atoms with Crippen LogP contribution in [0.1, 0.15) is 47.8 Å². The van der Waals surface area contributed by atoms with Gasteiger partial charge in [-0.3, -0.25) is 4.79 Å². The van der Waals surface area contributed by atoms with Gasteiger partial charge in [-0.15, -0.1) is 11.3 Å². The summed E-state index contributed by atoms with van der Waals surface area (Å²) < 4.78 is 6.17. The molecule has 1 aliphatic heterocycles. The Morgan fingerprint density at radius 3 is 3.04 bits per heavy atom. The number of Topliss-reactive ketones (excluding diaryl/α,β-unsaturated/α-hetero) is 1. The fourth-order valence-corrected chi connectivity index (χ4v) is 4.37. The molecule has 0 saturated heterocycles. The first kappa shape index (κ1) is 16.4. The lowest BCUT2D eigenvalue weighted by Gasteiger charge is -2.15. The molecule has 1 saturated carbocycles. The van der Waals surface area contributed by atoms with E-state index in [0.717, 1.165) is 47.8 Å². The lowest BCUT2D eigenvalue weighted by Crippen LogP contribution is -2.20. The third kappa shape index (κ3) is 3.35. The number of ketones is 1. The minimum absolute atomic E-state index is 0.0907. The van der Waals surface area contributed by atoms with Crippen LogP contribution in [0.5, 0.6) is 5.75 Å². The summed E-state index contributed by atoms with van der Waals surface area (Å²) >= 11 is 1.69. The summed E-state index contributed by atoms with van der Waals surface area (Å²) in [6.45, 7) is 4.09. The number of anilines is 2. The molecule has 2 N–H and O–H groups in total. The van der Waals surface area contributed by atoms with Crippen LogP contribution in [0.15, 0.2) is 24.4 Å². The minimum Gasteiger partial charge on any atom is -0.490 e. The number of hydrogen-bond donors (Lipinski definition) is 2. The number of aryl methyl sites for hydroxylation is 1. The maximum Gasteiger partial charge on any atom is 0.187 e. The molecule has 1 fully saturated rings. The van der Waals surface area contributed by atoms with Crippen molar-refractivity contribution in [3.63, 3.8) is 0 Å². The molecule has 5 nitrogen and oxygen atoms in total. The van der Waals surface area contributed by atoms with Crippen molar-refractivity contribution in [1.29, 1.82) is 0 Å². The first-order valence-electron chi connectivity index (χ1n) is 8.93. The molecule has 3 unspecified atom stereocenters. The Bertz CT molecular complexity index is 789. The Morgan fingerprint density at radius 2 is 2.28 bits per heavy atom. The Hall–Kier alpha value is -2.08. The van der Waals surface area contributed by atoms with Crippen LogP contribution in [0.25, 0.3) is 0 Å². The van der Waals surface area contributed by atoms with Gasteiger partial charge in [0.1, 0.15) is 11.9 Å². The number of nitrogens with zero attached hydrogens (tertiary/aromatic N) is 1. The smallest absolute Gasteiger partial charge is 0.187 e. The summed E-state index contributed by atoms with van der Waals surface area (Å²) in [4.78, 5) is 17.8. The van der Waals surface area contributed by atoms with E-state index in [-0.39, 0.29) is 17.9 Å². The maximum atomic E-state index is 12.2. The normalized spacial score (nSPS) is 24.9. The fraction of sp³-hybridized carbons (Fsp3) is 0.474. The molecule has 6 heteroatoms. The molecular weight excluding hydrogens is 334 g/mol. The van der Waals surface area contributed by atoms with Crippen molar-refractivity contribution >= 4 is 27.9 Å². The van der Waals surface area contributed by atoms with E-state index < -0.39 is 0 Å². The Kier molecular flexibility index (Phi) is 4.37. The second-order valence-electron chi connectivity index (χ2n) is 6.85. The van der Waals surface area contributed by atoms with Gasteiger partial charge >= 0.3 is 0 Å². The van der Waals surface area contributed by atoms with Crippen molar-refractivity contribution in [2.24, 2.45) is 0 Å². The van der Waals surface area contributed by atoms with Crippen molar-refractivity contribution in [3.8, 4) is 5.75 Å². The minimum atomic E-state index is -0.0907. The van der Waals surface area contributed by atoms with Gasteiger partial charge in [-0.1, -0.05) is 6.92 Å². The van der Waals surface area contributed by atoms with Crippen molar-refractivity contribution < 1.29 is 9.53 Å². The molecular formula is C19H23N3O2S. The summed E-state index contributed by atoms with van der Waals surface area (Å²) in [5.41, 5.74) is 1.68. The monoisotopic (exact) mass is 357 g/mol. The van der Waals surface area contributed by atoms with Crippen molar-refractivity contribution in [3.05, 3.63) is 34.8 Å². The average Bonchev–Trinajstić information content (AvgIpc) is 3.28. The van der Waals surface area contributed by atoms with Crippen LogP contribution < -0.4 is 15.4 Å². The summed E-state index contributed by atoms with van der Waals surface area (Å²) in [5.74, 6) is 1.03. The number of fused-ring (bicyclic) bond motifs is 1. The molecule has 0 spiro atoms. The molecule has 3 atom stereocenters. The van der Waals surface area contributed by atoms with Gasteiger partial charge in [0, 0.05) is 40.9 Å². The standard InChI is InChI=1S/C19H23N3O2S/c1-3-16-18(23)15-7-6-14(9-17(15)22-16)24-13-5-4-12(8-13)21-19-20-10-11(2)25-19/h6-7,9-10,12-13,16,22H,3-5,8H2,1-2H3,(H,20,21). The third-order valence-electron chi connectivity index (χ3n) is 4.95. The van der Waals surface area contributed by atoms with Gasteiger partial charge in [-0.05, 0) is 38.3 Å². The van der Waals surface area contributed by atoms with E-state index in [4.69, 9.17) is 4.74 Å². The molecule has 1 aromatic heterocycles. The predicted molar refractivity (Wildman–Crippen MR) is 101 cm³/mol. The molecule has 1 aliphatic carbocycles. The summed E-state index contributed by atoms with van der Waals surface area (Å²) in [6.07, 6.45) is 6.00. The average molecular weight is 357 g/mol. The number of rotatable bonds is 5. The van der Waals surface area contributed by atoms with Crippen LogP contribution in [0.4, 0.5) is 10.8 Å². The first-order valence-corrected chi connectivity index (χ1v) is 9.74. The van der Waals surface area contributed by atoms with E-state index in [1.807, 2.05) is 31.3 Å². The van der Waals surface area contributed by atoms with Crippen LogP contribution >= 0.6 is 11.3 Å². The molecule has 0 amide bonds. The Labute approximate surface area is 151 Å². The summed E-state index contributed by atoms with van der Waals surface area (Å²) in [5, 5.41) is 7.80. The zero-order valence-electron chi connectivity index (χ0n) is 14.5. The van der Waals surface area contributed by atoms with Crippen molar-refractivity contribution in [2.75, 3.05) is 10.6 Å². The molecule has 2 aromatic rings. The van der Waals surface area contributed by atoms with Crippen LogP contribution in [-0.4, -0.2) is 29.0 Å². The third-order valence-corrected chi connectivity index (χ3v) is 5.79. The summed E-state index contributed by atoms with van der Waals surface area (Å²) in [7, 11) is 0. The zero-order valence-corrected chi connectivity index (χ0v) is 15.4. The fourth-order valence-electron chi connectivity index (χ4n) is 3.63. The number of ether oxygens (including phenoxy) is 1. The number of benzene rings is 1. The van der Waals surface area contributed by atoms with Crippen molar-refractivity contribution in [2.45, 2.75) is 57.7 Å². The predicted octanol–water partition coefficient (Wildman–Crippen LogP) is 4.25. The van der Waals surface area contributed by atoms with E-state index in [9.17, 15) is 4.79 Å². The maximum absolute atomic E-state index is 12.2. The van der Waals surface area contributed by atoms with E-state index in [2.05, 4.69) is 22.5 Å².